The highest BCUT2D eigenvalue weighted by atomic mass is 14.3. The Morgan fingerprint density at radius 3 is 2.62 bits per heavy atom. The lowest BCUT2D eigenvalue weighted by molar-refractivity contribution is 0.217. The fourth-order valence-corrected chi connectivity index (χ4v) is 2.48. The minimum Gasteiger partial charge on any atom is -0.0856 e. The van der Waals surface area contributed by atoms with Gasteiger partial charge in [-0.1, -0.05) is 44.1 Å². The van der Waals surface area contributed by atoms with Gasteiger partial charge in [0.1, 0.15) is 0 Å². The van der Waals surface area contributed by atoms with Crippen LogP contribution in [0, 0.1) is 11.3 Å². The van der Waals surface area contributed by atoms with Crippen molar-refractivity contribution in [3.05, 3.63) is 23.3 Å². The number of allylic oxidation sites excluding steroid dienone is 4. The topological polar surface area (TPSA) is 0 Å². The fraction of sp³-hybridized carbons (Fsp3) is 0.750. The Kier molecular flexibility index (Phi) is 4.83. The second-order valence-corrected chi connectivity index (χ2v) is 6.53. The van der Waals surface area contributed by atoms with Gasteiger partial charge in [-0.2, -0.15) is 0 Å². The van der Waals surface area contributed by atoms with Crippen LogP contribution < -0.4 is 0 Å². The summed E-state index contributed by atoms with van der Waals surface area (Å²) in [5, 5.41) is 0. The summed E-state index contributed by atoms with van der Waals surface area (Å²) in [4.78, 5) is 0. The van der Waals surface area contributed by atoms with E-state index < -0.39 is 0 Å². The van der Waals surface area contributed by atoms with E-state index in [2.05, 4.69) is 46.8 Å². The van der Waals surface area contributed by atoms with E-state index in [1.165, 1.54) is 37.7 Å². The molecule has 0 aromatic rings. The summed E-state index contributed by atoms with van der Waals surface area (Å²) in [6.45, 7) is 11.5. The van der Waals surface area contributed by atoms with E-state index in [1.807, 2.05) is 0 Å². The molecule has 0 saturated carbocycles. The second-order valence-electron chi connectivity index (χ2n) is 6.53. The number of hydrogen-bond donors (Lipinski definition) is 0. The van der Waals surface area contributed by atoms with Gasteiger partial charge in [-0.3, -0.25) is 0 Å². The van der Waals surface area contributed by atoms with Gasteiger partial charge in [0.15, 0.2) is 0 Å². The molecule has 0 amide bonds. The Hall–Kier alpha value is -0.520. The molecule has 92 valence electrons. The summed E-state index contributed by atoms with van der Waals surface area (Å²) in [7, 11) is 0. The summed E-state index contributed by atoms with van der Waals surface area (Å²) in [5.74, 6) is 0.888. The molecule has 0 radical (unpaired) electrons. The maximum atomic E-state index is 2.49. The predicted molar refractivity (Wildman–Crippen MR) is 73.5 cm³/mol. The molecule has 0 aliphatic heterocycles. The molecule has 0 nitrogen and oxygen atoms in total. The van der Waals surface area contributed by atoms with Gasteiger partial charge in [-0.05, 0) is 57.3 Å². The molecule has 0 heterocycles. The molecule has 1 rings (SSSR count). The maximum absolute atomic E-state index is 2.49. The van der Waals surface area contributed by atoms with E-state index in [4.69, 9.17) is 0 Å². The maximum Gasteiger partial charge on any atom is -0.0285 e. The van der Waals surface area contributed by atoms with Crippen LogP contribution in [0.3, 0.4) is 0 Å². The van der Waals surface area contributed by atoms with Gasteiger partial charge in [0, 0.05) is 0 Å². The van der Waals surface area contributed by atoms with Crippen molar-refractivity contribution < 1.29 is 0 Å². The van der Waals surface area contributed by atoms with E-state index >= 15 is 0 Å². The zero-order valence-electron chi connectivity index (χ0n) is 11.8. The first-order valence-corrected chi connectivity index (χ1v) is 6.71. The van der Waals surface area contributed by atoms with Gasteiger partial charge in [0.05, 0.1) is 0 Å². The molecule has 0 N–H and O–H groups in total. The average molecular weight is 220 g/mol. The lowest BCUT2D eigenvalue weighted by Crippen LogP contribution is -2.22. The van der Waals surface area contributed by atoms with Crippen LogP contribution in [0.5, 0.6) is 0 Å². The predicted octanol–water partition coefficient (Wildman–Crippen LogP) is 5.51. The Morgan fingerprint density at radius 2 is 2.06 bits per heavy atom. The molecule has 16 heavy (non-hydrogen) atoms. The smallest absolute Gasteiger partial charge is 0.0285 e. The zero-order chi connectivity index (χ0) is 12.2. The molecule has 0 spiro atoms. The van der Waals surface area contributed by atoms with Crippen LogP contribution in [0.25, 0.3) is 0 Å². The van der Waals surface area contributed by atoms with Crippen molar-refractivity contribution in [2.45, 2.75) is 66.7 Å². The first kappa shape index (κ1) is 13.5. The van der Waals surface area contributed by atoms with E-state index in [1.54, 1.807) is 5.57 Å². The highest BCUT2D eigenvalue weighted by molar-refractivity contribution is 5.10. The molecule has 0 aromatic carbocycles. The van der Waals surface area contributed by atoms with Crippen molar-refractivity contribution in [1.29, 1.82) is 0 Å². The van der Waals surface area contributed by atoms with E-state index in [0.29, 0.717) is 5.41 Å². The number of hydrogen-bond acceptors (Lipinski definition) is 0. The summed E-state index contributed by atoms with van der Waals surface area (Å²) in [6.07, 6.45) is 11.4. The van der Waals surface area contributed by atoms with Gasteiger partial charge >= 0.3 is 0 Å². The first-order chi connectivity index (χ1) is 7.39. The Bertz CT molecular complexity index is 269. The minimum atomic E-state index is 0.482. The molecule has 0 heteroatoms. The third kappa shape index (κ3) is 4.55. The van der Waals surface area contributed by atoms with Crippen molar-refractivity contribution in [3.63, 3.8) is 0 Å². The molecule has 0 fully saturated rings. The van der Waals surface area contributed by atoms with Crippen LogP contribution in [-0.4, -0.2) is 0 Å². The van der Waals surface area contributed by atoms with Gasteiger partial charge in [0.2, 0.25) is 0 Å². The van der Waals surface area contributed by atoms with Crippen molar-refractivity contribution in [3.8, 4) is 0 Å². The fourth-order valence-electron chi connectivity index (χ4n) is 2.48. The molecule has 1 aliphatic carbocycles. The Balaban J connectivity index is 2.45. The third-order valence-corrected chi connectivity index (χ3v) is 3.70. The normalized spacial score (nSPS) is 21.6. The summed E-state index contributed by atoms with van der Waals surface area (Å²) < 4.78 is 0. The van der Waals surface area contributed by atoms with Crippen LogP contribution in [0.2, 0.25) is 0 Å². The first-order valence-electron chi connectivity index (χ1n) is 6.71. The van der Waals surface area contributed by atoms with Crippen molar-refractivity contribution in [1.82, 2.24) is 0 Å². The SMILES string of the molecule is CC(C)=CCCC1=CCCC(C(C)(C)C)C1. The monoisotopic (exact) mass is 220 g/mol. The lowest BCUT2D eigenvalue weighted by atomic mass is 9.72. The summed E-state index contributed by atoms with van der Waals surface area (Å²) in [6, 6.07) is 0. The van der Waals surface area contributed by atoms with E-state index in [9.17, 15) is 0 Å². The van der Waals surface area contributed by atoms with Crippen LogP contribution >= 0.6 is 0 Å². The molecule has 1 unspecified atom stereocenters. The summed E-state index contributed by atoms with van der Waals surface area (Å²) in [5.41, 5.74) is 3.63. The largest absolute Gasteiger partial charge is 0.0856 e. The molecule has 0 saturated heterocycles. The third-order valence-electron chi connectivity index (χ3n) is 3.70. The van der Waals surface area contributed by atoms with E-state index in [0.717, 1.165) is 5.92 Å². The van der Waals surface area contributed by atoms with Gasteiger partial charge < -0.3 is 0 Å². The molecule has 1 aliphatic rings. The van der Waals surface area contributed by atoms with Crippen LogP contribution in [0.1, 0.15) is 66.7 Å². The van der Waals surface area contributed by atoms with Gasteiger partial charge in [-0.15, -0.1) is 0 Å². The van der Waals surface area contributed by atoms with Crippen LogP contribution in [-0.2, 0) is 0 Å². The highest BCUT2D eigenvalue weighted by Gasteiger charge is 2.26. The standard InChI is InChI=1S/C16H28/c1-13(2)8-6-9-14-10-7-11-15(12-14)16(3,4)5/h8,10,15H,6-7,9,11-12H2,1-5H3. The zero-order valence-corrected chi connectivity index (χ0v) is 11.8. The second kappa shape index (κ2) is 5.70. The van der Waals surface area contributed by atoms with Gasteiger partial charge in [-0.25, -0.2) is 0 Å². The van der Waals surface area contributed by atoms with Crippen LogP contribution in [0.15, 0.2) is 23.3 Å². The molecule has 0 bridgehead atoms. The molecule has 0 aromatic heterocycles. The lowest BCUT2D eigenvalue weighted by Gasteiger charge is -2.34. The molecular formula is C16H28. The Labute approximate surface area is 102 Å². The summed E-state index contributed by atoms with van der Waals surface area (Å²) >= 11 is 0. The van der Waals surface area contributed by atoms with Crippen molar-refractivity contribution in [2.24, 2.45) is 11.3 Å². The van der Waals surface area contributed by atoms with Crippen molar-refractivity contribution in [2.75, 3.05) is 0 Å². The molecular weight excluding hydrogens is 192 g/mol. The Morgan fingerprint density at radius 1 is 1.38 bits per heavy atom. The van der Waals surface area contributed by atoms with Crippen LogP contribution in [0.4, 0.5) is 0 Å². The minimum absolute atomic E-state index is 0.482. The van der Waals surface area contributed by atoms with E-state index in [-0.39, 0.29) is 0 Å². The van der Waals surface area contributed by atoms with Crippen molar-refractivity contribution >= 4 is 0 Å². The average Bonchev–Trinajstić information content (AvgIpc) is 2.16. The van der Waals surface area contributed by atoms with Gasteiger partial charge in [0.25, 0.3) is 0 Å². The quantitative estimate of drug-likeness (QED) is 0.550. The highest BCUT2D eigenvalue weighted by Crippen LogP contribution is 2.38. The number of rotatable bonds is 3. The molecule has 1 atom stereocenters.